The monoisotopic (exact) mass is 282 g/mol. The second kappa shape index (κ2) is 5.05. The Labute approximate surface area is 122 Å². The Kier molecular flexibility index (Phi) is 3.22. The molecule has 106 valence electrons. The number of fused-ring (bicyclic) bond motifs is 1. The van der Waals surface area contributed by atoms with Gasteiger partial charge in [0.25, 0.3) is 0 Å². The normalized spacial score (nSPS) is 17.0. The zero-order valence-corrected chi connectivity index (χ0v) is 11.5. The van der Waals surface area contributed by atoms with Gasteiger partial charge in [0.2, 0.25) is 0 Å². The molecule has 2 aromatic carbocycles. The molecule has 3 rings (SSSR count). The van der Waals surface area contributed by atoms with Crippen LogP contribution in [0, 0.1) is 6.92 Å². The highest BCUT2D eigenvalue weighted by Gasteiger charge is 2.30. The van der Waals surface area contributed by atoms with E-state index >= 15 is 0 Å². The molecule has 1 atom stereocenters. The van der Waals surface area contributed by atoms with Crippen molar-refractivity contribution in [3.8, 4) is 5.75 Å². The van der Waals surface area contributed by atoms with Crippen LogP contribution in [0.1, 0.15) is 44.4 Å². The summed E-state index contributed by atoms with van der Waals surface area (Å²) in [6.45, 7) is 1.92. The maximum atomic E-state index is 12.2. The minimum Gasteiger partial charge on any atom is -0.484 e. The summed E-state index contributed by atoms with van der Waals surface area (Å²) in [4.78, 5) is 23.5. The fourth-order valence-electron chi connectivity index (χ4n) is 2.58. The fourth-order valence-corrected chi connectivity index (χ4v) is 2.58. The van der Waals surface area contributed by atoms with Crippen molar-refractivity contribution in [2.45, 2.75) is 19.4 Å². The zero-order valence-electron chi connectivity index (χ0n) is 11.5. The van der Waals surface area contributed by atoms with E-state index in [4.69, 9.17) is 4.74 Å². The van der Waals surface area contributed by atoms with Gasteiger partial charge in [0.1, 0.15) is 11.9 Å². The van der Waals surface area contributed by atoms with Crippen molar-refractivity contribution in [1.29, 1.82) is 0 Å². The van der Waals surface area contributed by atoms with E-state index in [0.29, 0.717) is 16.9 Å². The third kappa shape index (κ3) is 2.40. The largest absolute Gasteiger partial charge is 0.484 e. The summed E-state index contributed by atoms with van der Waals surface area (Å²) in [5, 5.41) is 9.26. The summed E-state index contributed by atoms with van der Waals surface area (Å²) in [5.74, 6) is -0.519. The van der Waals surface area contributed by atoms with Gasteiger partial charge in [0, 0.05) is 5.56 Å². The third-order valence-electron chi connectivity index (χ3n) is 3.62. The van der Waals surface area contributed by atoms with E-state index in [0.717, 1.165) is 5.56 Å². The van der Waals surface area contributed by atoms with Crippen LogP contribution in [0.5, 0.6) is 5.75 Å². The first-order valence-electron chi connectivity index (χ1n) is 6.69. The molecule has 2 aromatic rings. The molecule has 1 aliphatic heterocycles. The third-order valence-corrected chi connectivity index (χ3v) is 3.62. The van der Waals surface area contributed by atoms with E-state index < -0.39 is 12.1 Å². The Hall–Kier alpha value is -2.62. The molecule has 21 heavy (non-hydrogen) atoms. The van der Waals surface area contributed by atoms with Gasteiger partial charge in [-0.1, -0.05) is 24.3 Å². The van der Waals surface area contributed by atoms with Crippen LogP contribution in [0.2, 0.25) is 0 Å². The number of carboxylic acid groups (broad SMARTS) is 1. The number of carbonyl (C=O) groups excluding carboxylic acids is 1. The Morgan fingerprint density at radius 3 is 2.76 bits per heavy atom. The van der Waals surface area contributed by atoms with Crippen LogP contribution in [0.25, 0.3) is 0 Å². The average molecular weight is 282 g/mol. The number of ether oxygens (including phenoxy) is 1. The van der Waals surface area contributed by atoms with Crippen molar-refractivity contribution in [3.63, 3.8) is 0 Å². The topological polar surface area (TPSA) is 63.6 Å². The minimum atomic E-state index is -1.02. The number of ketones is 1. The van der Waals surface area contributed by atoms with Crippen LogP contribution in [0.4, 0.5) is 0 Å². The molecule has 4 nitrogen and oxygen atoms in total. The minimum absolute atomic E-state index is 0.0264. The van der Waals surface area contributed by atoms with Gasteiger partial charge >= 0.3 is 5.97 Å². The van der Waals surface area contributed by atoms with E-state index in [2.05, 4.69) is 0 Å². The number of hydrogen-bond acceptors (Lipinski definition) is 3. The number of carboxylic acids is 1. The number of carbonyl (C=O) groups is 2. The summed E-state index contributed by atoms with van der Waals surface area (Å²) < 4.78 is 5.88. The van der Waals surface area contributed by atoms with Gasteiger partial charge in [-0.3, -0.25) is 4.79 Å². The maximum absolute atomic E-state index is 12.2. The molecule has 0 radical (unpaired) electrons. The summed E-state index contributed by atoms with van der Waals surface area (Å²) >= 11 is 0. The zero-order chi connectivity index (χ0) is 15.0. The van der Waals surface area contributed by atoms with Gasteiger partial charge < -0.3 is 9.84 Å². The SMILES string of the molecule is Cc1ccc2c(c1)OC(c1ccccc1C(=O)O)CC2=O. The molecule has 0 bridgehead atoms. The summed E-state index contributed by atoms with van der Waals surface area (Å²) in [6, 6.07) is 12.1. The van der Waals surface area contributed by atoms with E-state index in [1.165, 1.54) is 6.07 Å². The summed E-state index contributed by atoms with van der Waals surface area (Å²) in [6.07, 6.45) is -0.403. The number of hydrogen-bond donors (Lipinski definition) is 1. The Morgan fingerprint density at radius 1 is 1.24 bits per heavy atom. The standard InChI is InChI=1S/C17H14O4/c1-10-6-7-13-14(18)9-16(21-15(13)8-10)11-4-2-3-5-12(11)17(19)20/h2-8,16H,9H2,1H3,(H,19,20). The maximum Gasteiger partial charge on any atom is 0.336 e. The molecule has 0 saturated heterocycles. The van der Waals surface area contributed by atoms with Gasteiger partial charge in [-0.05, 0) is 30.7 Å². The first kappa shape index (κ1) is 13.4. The van der Waals surface area contributed by atoms with E-state index in [-0.39, 0.29) is 17.8 Å². The quantitative estimate of drug-likeness (QED) is 0.917. The molecule has 1 N–H and O–H groups in total. The van der Waals surface area contributed by atoms with Crippen LogP contribution >= 0.6 is 0 Å². The average Bonchev–Trinajstić information content (AvgIpc) is 2.46. The molecule has 1 aliphatic rings. The van der Waals surface area contributed by atoms with Gasteiger partial charge in [0.15, 0.2) is 5.78 Å². The Balaban J connectivity index is 2.03. The fraction of sp³-hybridized carbons (Fsp3) is 0.176. The van der Waals surface area contributed by atoms with E-state index in [9.17, 15) is 14.7 Å². The molecule has 0 spiro atoms. The second-order valence-electron chi connectivity index (χ2n) is 5.13. The van der Waals surface area contributed by atoms with Crippen molar-refractivity contribution in [3.05, 3.63) is 64.7 Å². The lowest BCUT2D eigenvalue weighted by atomic mass is 9.93. The molecule has 0 saturated carbocycles. The van der Waals surface area contributed by atoms with Crippen molar-refractivity contribution >= 4 is 11.8 Å². The highest BCUT2D eigenvalue weighted by Crippen LogP contribution is 2.36. The van der Waals surface area contributed by atoms with Crippen LogP contribution in [-0.4, -0.2) is 16.9 Å². The van der Waals surface area contributed by atoms with Gasteiger partial charge in [0.05, 0.1) is 17.5 Å². The van der Waals surface area contributed by atoms with E-state index in [1.807, 2.05) is 19.1 Å². The number of rotatable bonds is 2. The number of benzene rings is 2. The van der Waals surface area contributed by atoms with Crippen LogP contribution < -0.4 is 4.74 Å². The lowest BCUT2D eigenvalue weighted by Crippen LogP contribution is -2.22. The lowest BCUT2D eigenvalue weighted by molar-refractivity contribution is 0.0682. The summed E-state index contributed by atoms with van der Waals surface area (Å²) in [5.41, 5.74) is 2.26. The smallest absolute Gasteiger partial charge is 0.336 e. The van der Waals surface area contributed by atoms with Crippen molar-refractivity contribution in [1.82, 2.24) is 0 Å². The van der Waals surface area contributed by atoms with E-state index in [1.54, 1.807) is 24.3 Å². The Bertz CT molecular complexity index is 733. The lowest BCUT2D eigenvalue weighted by Gasteiger charge is -2.26. The van der Waals surface area contributed by atoms with Gasteiger partial charge in [-0.25, -0.2) is 4.79 Å². The van der Waals surface area contributed by atoms with Crippen molar-refractivity contribution in [2.75, 3.05) is 0 Å². The Morgan fingerprint density at radius 2 is 2.00 bits per heavy atom. The molecule has 1 heterocycles. The molecule has 4 heteroatoms. The van der Waals surface area contributed by atoms with Gasteiger partial charge in [-0.15, -0.1) is 0 Å². The highest BCUT2D eigenvalue weighted by atomic mass is 16.5. The molecule has 1 unspecified atom stereocenters. The first-order valence-corrected chi connectivity index (χ1v) is 6.69. The highest BCUT2D eigenvalue weighted by molar-refractivity contribution is 6.00. The predicted octanol–water partition coefficient (Wildman–Crippen LogP) is 3.40. The number of Topliss-reactive ketones (excluding diaryl/α,β-unsaturated/α-hetero) is 1. The van der Waals surface area contributed by atoms with Crippen molar-refractivity contribution in [2.24, 2.45) is 0 Å². The van der Waals surface area contributed by atoms with Crippen LogP contribution in [-0.2, 0) is 0 Å². The van der Waals surface area contributed by atoms with Crippen molar-refractivity contribution < 1.29 is 19.4 Å². The number of aryl methyl sites for hydroxylation is 1. The summed E-state index contributed by atoms with van der Waals surface area (Å²) in [7, 11) is 0. The molecule has 0 fully saturated rings. The first-order chi connectivity index (χ1) is 10.1. The molecule has 0 amide bonds. The molecular weight excluding hydrogens is 268 g/mol. The second-order valence-corrected chi connectivity index (χ2v) is 5.13. The predicted molar refractivity (Wildman–Crippen MR) is 76.9 cm³/mol. The molecular formula is C17H14O4. The van der Waals surface area contributed by atoms with Crippen LogP contribution in [0.15, 0.2) is 42.5 Å². The van der Waals surface area contributed by atoms with Gasteiger partial charge in [-0.2, -0.15) is 0 Å². The van der Waals surface area contributed by atoms with Crippen LogP contribution in [0.3, 0.4) is 0 Å². The molecule has 0 aromatic heterocycles. The number of aromatic carboxylic acids is 1. The molecule has 0 aliphatic carbocycles.